The van der Waals surface area contributed by atoms with Gasteiger partial charge in [0.1, 0.15) is 0 Å². The van der Waals surface area contributed by atoms with Crippen molar-refractivity contribution in [1.82, 2.24) is 10.2 Å². The molecule has 122 valence electrons. The molecule has 0 saturated heterocycles. The van der Waals surface area contributed by atoms with Gasteiger partial charge < -0.3 is 4.42 Å². The van der Waals surface area contributed by atoms with E-state index in [4.69, 9.17) is 4.42 Å². The lowest BCUT2D eigenvalue weighted by molar-refractivity contribution is 0.605. The van der Waals surface area contributed by atoms with Crippen LogP contribution in [0.1, 0.15) is 5.56 Å². The molecule has 4 heteroatoms. The topological polar surface area (TPSA) is 38.9 Å². The highest BCUT2D eigenvalue weighted by Crippen LogP contribution is 2.33. The largest absolute Gasteiger partial charge is 0.416 e. The van der Waals surface area contributed by atoms with Gasteiger partial charge in [-0.25, -0.2) is 0 Å². The Bertz CT molecular complexity index is 928. The average Bonchev–Trinajstić information content (AvgIpc) is 3.13. The quantitative estimate of drug-likeness (QED) is 0.529. The summed E-state index contributed by atoms with van der Waals surface area (Å²) in [6.07, 6.45) is 0. The summed E-state index contributed by atoms with van der Waals surface area (Å²) in [5, 5.41) is 11.1. The summed E-state index contributed by atoms with van der Waals surface area (Å²) in [6.45, 7) is 2.05. The second-order valence-corrected chi connectivity index (χ2v) is 7.80. The molecule has 0 saturated carbocycles. The van der Waals surface area contributed by atoms with E-state index in [-0.39, 0.29) is 0 Å². The Balaban J connectivity index is 1.80. The molecule has 0 aliphatic carbocycles. The lowest BCUT2D eigenvalue weighted by Crippen LogP contribution is -2.21. The Hall–Kier alpha value is -2.77. The van der Waals surface area contributed by atoms with Crippen LogP contribution >= 0.6 is 7.92 Å². The van der Waals surface area contributed by atoms with Crippen molar-refractivity contribution in [3.8, 4) is 11.5 Å². The summed E-state index contributed by atoms with van der Waals surface area (Å²) in [4.78, 5) is 0. The summed E-state index contributed by atoms with van der Waals surface area (Å²) >= 11 is 0. The molecule has 3 aromatic carbocycles. The SMILES string of the molecule is Cc1ccccc1-c1nnc(P(c2ccccc2)c2ccccc2)o1. The monoisotopic (exact) mass is 344 g/mol. The minimum Gasteiger partial charge on any atom is -0.416 e. The van der Waals surface area contributed by atoms with Gasteiger partial charge in [-0.15, -0.1) is 10.2 Å². The minimum absolute atomic E-state index is 0.576. The van der Waals surface area contributed by atoms with E-state index in [1.165, 1.54) is 10.6 Å². The second-order valence-electron chi connectivity index (χ2n) is 5.71. The van der Waals surface area contributed by atoms with E-state index in [0.717, 1.165) is 11.1 Å². The van der Waals surface area contributed by atoms with Gasteiger partial charge in [0.25, 0.3) is 0 Å². The molecule has 0 radical (unpaired) electrons. The van der Waals surface area contributed by atoms with Crippen molar-refractivity contribution in [2.24, 2.45) is 0 Å². The molecule has 0 unspecified atom stereocenters. The summed E-state index contributed by atoms with van der Waals surface area (Å²) in [6, 6.07) is 28.8. The molecule has 1 heterocycles. The van der Waals surface area contributed by atoms with Crippen LogP contribution in [0.4, 0.5) is 0 Å². The molecule has 25 heavy (non-hydrogen) atoms. The van der Waals surface area contributed by atoms with Gasteiger partial charge in [0.05, 0.1) is 0 Å². The molecule has 0 amide bonds. The van der Waals surface area contributed by atoms with Crippen molar-refractivity contribution in [2.45, 2.75) is 6.92 Å². The highest BCUT2D eigenvalue weighted by atomic mass is 31.1. The van der Waals surface area contributed by atoms with Gasteiger partial charge >= 0.3 is 0 Å². The first-order valence-corrected chi connectivity index (χ1v) is 9.47. The van der Waals surface area contributed by atoms with E-state index in [9.17, 15) is 0 Å². The van der Waals surface area contributed by atoms with Crippen LogP contribution in [0, 0.1) is 6.92 Å². The number of nitrogens with zero attached hydrogens (tertiary/aromatic N) is 2. The summed E-state index contributed by atoms with van der Waals surface area (Å²) in [5.41, 5.74) is 2.78. The predicted octanol–water partition coefficient (Wildman–Crippen LogP) is 3.80. The van der Waals surface area contributed by atoms with Gasteiger partial charge in [0.2, 0.25) is 11.5 Å². The molecule has 1 aromatic heterocycles. The molecule has 0 fully saturated rings. The van der Waals surface area contributed by atoms with Crippen molar-refractivity contribution >= 4 is 24.2 Å². The second kappa shape index (κ2) is 7.00. The highest BCUT2D eigenvalue weighted by Gasteiger charge is 2.23. The fourth-order valence-electron chi connectivity index (χ4n) is 2.75. The molecule has 0 aliphatic rings. The van der Waals surface area contributed by atoms with Crippen molar-refractivity contribution in [3.05, 3.63) is 90.5 Å². The molecule has 0 aliphatic heterocycles. The summed E-state index contributed by atoms with van der Waals surface area (Å²) in [7, 11) is -0.865. The molecule has 3 nitrogen and oxygen atoms in total. The molecule has 4 rings (SSSR count). The maximum Gasteiger partial charge on any atom is 0.248 e. The third-order valence-corrected chi connectivity index (χ3v) is 6.20. The van der Waals surface area contributed by atoms with E-state index in [1.54, 1.807) is 0 Å². The minimum atomic E-state index is -0.865. The molecule has 0 atom stereocenters. The third-order valence-electron chi connectivity index (χ3n) is 4.01. The Labute approximate surface area is 148 Å². The number of hydrogen-bond acceptors (Lipinski definition) is 3. The van der Waals surface area contributed by atoms with Crippen molar-refractivity contribution in [3.63, 3.8) is 0 Å². The summed E-state index contributed by atoms with van der Waals surface area (Å²) < 4.78 is 6.13. The van der Waals surface area contributed by atoms with Crippen LogP contribution in [0.25, 0.3) is 11.5 Å². The van der Waals surface area contributed by atoms with E-state index < -0.39 is 7.92 Å². The fraction of sp³-hybridized carbons (Fsp3) is 0.0476. The Kier molecular flexibility index (Phi) is 4.41. The standard InChI is InChI=1S/C21H17N2OP/c1-16-10-8-9-15-19(16)20-22-23-21(24-20)25(17-11-4-2-5-12-17)18-13-6-3-7-14-18/h2-15H,1H3. The van der Waals surface area contributed by atoms with Crippen molar-refractivity contribution in [2.75, 3.05) is 0 Å². The first kappa shape index (κ1) is 15.7. The Morgan fingerprint density at radius 3 is 1.84 bits per heavy atom. The van der Waals surface area contributed by atoms with Crippen LogP contribution in [-0.2, 0) is 0 Å². The van der Waals surface area contributed by atoms with Crippen LogP contribution in [-0.4, -0.2) is 10.2 Å². The van der Waals surface area contributed by atoms with E-state index >= 15 is 0 Å². The van der Waals surface area contributed by atoms with Crippen LogP contribution in [0.2, 0.25) is 0 Å². The van der Waals surface area contributed by atoms with Gasteiger partial charge in [-0.05, 0) is 29.2 Å². The first-order chi connectivity index (χ1) is 12.3. The zero-order valence-electron chi connectivity index (χ0n) is 13.8. The molecule has 0 spiro atoms. The fourth-order valence-corrected chi connectivity index (χ4v) is 4.74. The van der Waals surface area contributed by atoms with E-state index in [1.807, 2.05) is 54.6 Å². The number of rotatable bonds is 4. The van der Waals surface area contributed by atoms with Gasteiger partial charge in [-0.1, -0.05) is 78.9 Å². The molecular formula is C21H17N2OP. The number of aryl methyl sites for hydroxylation is 1. The lowest BCUT2D eigenvalue weighted by Gasteiger charge is -2.14. The van der Waals surface area contributed by atoms with Crippen LogP contribution < -0.4 is 16.2 Å². The van der Waals surface area contributed by atoms with Gasteiger partial charge in [0, 0.05) is 13.5 Å². The molecular weight excluding hydrogens is 327 g/mol. The number of benzene rings is 3. The molecule has 0 bridgehead atoms. The normalized spacial score (nSPS) is 11.0. The maximum absolute atomic E-state index is 6.13. The highest BCUT2D eigenvalue weighted by molar-refractivity contribution is 7.79. The number of hydrogen-bond donors (Lipinski definition) is 0. The maximum atomic E-state index is 6.13. The van der Waals surface area contributed by atoms with Gasteiger partial charge in [0.15, 0.2) is 0 Å². The third kappa shape index (κ3) is 3.24. The predicted molar refractivity (Wildman–Crippen MR) is 103 cm³/mol. The zero-order chi connectivity index (χ0) is 17.1. The average molecular weight is 344 g/mol. The smallest absolute Gasteiger partial charge is 0.248 e. The van der Waals surface area contributed by atoms with Gasteiger partial charge in [-0.3, -0.25) is 0 Å². The van der Waals surface area contributed by atoms with Crippen LogP contribution in [0.3, 0.4) is 0 Å². The molecule has 0 N–H and O–H groups in total. The van der Waals surface area contributed by atoms with E-state index in [2.05, 4.69) is 47.5 Å². The Morgan fingerprint density at radius 2 is 1.24 bits per heavy atom. The van der Waals surface area contributed by atoms with Crippen molar-refractivity contribution in [1.29, 1.82) is 0 Å². The zero-order valence-corrected chi connectivity index (χ0v) is 14.7. The van der Waals surface area contributed by atoms with Crippen molar-refractivity contribution < 1.29 is 4.42 Å². The summed E-state index contributed by atoms with van der Waals surface area (Å²) in [5.74, 6) is 0.576. The van der Waals surface area contributed by atoms with E-state index in [0.29, 0.717) is 11.5 Å². The number of aromatic nitrogens is 2. The Morgan fingerprint density at radius 1 is 0.680 bits per heavy atom. The molecule has 4 aromatic rings. The van der Waals surface area contributed by atoms with Crippen LogP contribution in [0.15, 0.2) is 89.3 Å². The lowest BCUT2D eigenvalue weighted by atomic mass is 10.1. The van der Waals surface area contributed by atoms with Gasteiger partial charge in [-0.2, -0.15) is 0 Å². The van der Waals surface area contributed by atoms with Crippen LogP contribution in [0.5, 0.6) is 0 Å². The first-order valence-electron chi connectivity index (χ1n) is 8.12.